The predicted molar refractivity (Wildman–Crippen MR) is 82.3 cm³/mol. The number of ether oxygens (including phenoxy) is 1. The first-order valence-electron chi connectivity index (χ1n) is 6.79. The number of benzene rings is 1. The second-order valence-electron chi connectivity index (χ2n) is 5.33. The summed E-state index contributed by atoms with van der Waals surface area (Å²) in [4.78, 5) is 14.0. The minimum atomic E-state index is 0. The highest BCUT2D eigenvalue weighted by molar-refractivity contribution is 5.85. The van der Waals surface area contributed by atoms with E-state index in [-0.39, 0.29) is 31.0 Å². The third-order valence-corrected chi connectivity index (χ3v) is 3.70. The van der Waals surface area contributed by atoms with Crippen LogP contribution in [0, 0.1) is 12.8 Å². The van der Waals surface area contributed by atoms with Gasteiger partial charge in [0.2, 0.25) is 0 Å². The van der Waals surface area contributed by atoms with Gasteiger partial charge in [-0.2, -0.15) is 0 Å². The zero-order valence-electron chi connectivity index (χ0n) is 12.0. The Balaban J connectivity index is 0.00000200. The summed E-state index contributed by atoms with van der Waals surface area (Å²) < 4.78 is 5.53. The van der Waals surface area contributed by atoms with Crippen LogP contribution in [0.3, 0.4) is 0 Å². The van der Waals surface area contributed by atoms with E-state index in [1.807, 2.05) is 36.1 Å². The number of rotatable bonds is 4. The fourth-order valence-corrected chi connectivity index (χ4v) is 2.52. The maximum absolute atomic E-state index is 12.1. The molecule has 20 heavy (non-hydrogen) atoms. The number of hydrogen-bond acceptors (Lipinski definition) is 3. The van der Waals surface area contributed by atoms with Crippen LogP contribution in [0.1, 0.15) is 18.9 Å². The van der Waals surface area contributed by atoms with Crippen LogP contribution < -0.4 is 10.5 Å². The number of likely N-dealkylation sites (tertiary alicyclic amines) is 1. The van der Waals surface area contributed by atoms with Gasteiger partial charge >= 0.3 is 0 Å². The molecule has 1 saturated heterocycles. The summed E-state index contributed by atoms with van der Waals surface area (Å²) in [6.07, 6.45) is 0.993. The molecule has 1 aliphatic rings. The van der Waals surface area contributed by atoms with Gasteiger partial charge in [0.1, 0.15) is 5.75 Å². The van der Waals surface area contributed by atoms with Crippen molar-refractivity contribution in [2.24, 2.45) is 11.7 Å². The first kappa shape index (κ1) is 16.8. The molecule has 5 heteroatoms. The fraction of sp³-hybridized carbons (Fsp3) is 0.533. The molecule has 0 saturated carbocycles. The molecule has 112 valence electrons. The van der Waals surface area contributed by atoms with Crippen LogP contribution in [0.5, 0.6) is 5.75 Å². The van der Waals surface area contributed by atoms with E-state index in [0.29, 0.717) is 12.5 Å². The molecule has 2 N–H and O–H groups in total. The standard InChI is InChI=1S/C15H22N2O2.ClH/c1-11-3-5-14(6-4-11)19-10-15(18)17-9-13(8-16)7-12(17)2;/h3-6,12-13H,7-10,16H2,1-2H3;1H. The first-order chi connectivity index (χ1) is 9.10. The first-order valence-corrected chi connectivity index (χ1v) is 6.79. The minimum absolute atomic E-state index is 0. The van der Waals surface area contributed by atoms with E-state index < -0.39 is 0 Å². The lowest BCUT2D eigenvalue weighted by atomic mass is 10.1. The number of nitrogens with two attached hydrogens (primary N) is 1. The van der Waals surface area contributed by atoms with Crippen molar-refractivity contribution in [2.45, 2.75) is 26.3 Å². The Hall–Kier alpha value is -1.26. The van der Waals surface area contributed by atoms with E-state index in [4.69, 9.17) is 10.5 Å². The Morgan fingerprint density at radius 1 is 1.40 bits per heavy atom. The van der Waals surface area contributed by atoms with Crippen molar-refractivity contribution in [1.29, 1.82) is 0 Å². The van der Waals surface area contributed by atoms with Gasteiger partial charge in [-0.25, -0.2) is 0 Å². The highest BCUT2D eigenvalue weighted by Crippen LogP contribution is 2.22. The monoisotopic (exact) mass is 298 g/mol. The normalized spacial score (nSPS) is 21.4. The summed E-state index contributed by atoms with van der Waals surface area (Å²) in [6, 6.07) is 7.99. The lowest BCUT2D eigenvalue weighted by Gasteiger charge is -2.21. The minimum Gasteiger partial charge on any atom is -0.484 e. The number of nitrogens with zero attached hydrogens (tertiary/aromatic N) is 1. The Morgan fingerprint density at radius 2 is 2.05 bits per heavy atom. The second-order valence-corrected chi connectivity index (χ2v) is 5.33. The molecule has 1 aliphatic heterocycles. The highest BCUT2D eigenvalue weighted by atomic mass is 35.5. The van der Waals surface area contributed by atoms with Crippen molar-refractivity contribution in [3.05, 3.63) is 29.8 Å². The van der Waals surface area contributed by atoms with E-state index in [2.05, 4.69) is 6.92 Å². The van der Waals surface area contributed by atoms with Gasteiger partial charge < -0.3 is 15.4 Å². The maximum Gasteiger partial charge on any atom is 0.260 e. The Morgan fingerprint density at radius 3 is 2.60 bits per heavy atom. The molecule has 0 aromatic heterocycles. The van der Waals surface area contributed by atoms with Gasteiger partial charge in [-0.3, -0.25) is 4.79 Å². The van der Waals surface area contributed by atoms with E-state index in [1.165, 1.54) is 5.56 Å². The van der Waals surface area contributed by atoms with E-state index >= 15 is 0 Å². The predicted octanol–water partition coefficient (Wildman–Crippen LogP) is 1.99. The molecular formula is C15H23ClN2O2. The molecule has 1 heterocycles. The average Bonchev–Trinajstić information content (AvgIpc) is 2.79. The molecule has 2 atom stereocenters. The smallest absolute Gasteiger partial charge is 0.260 e. The number of carbonyl (C=O) groups is 1. The van der Waals surface area contributed by atoms with Crippen LogP contribution in [0.15, 0.2) is 24.3 Å². The van der Waals surface area contributed by atoms with Crippen molar-refractivity contribution < 1.29 is 9.53 Å². The molecule has 1 amide bonds. The van der Waals surface area contributed by atoms with Crippen LogP contribution >= 0.6 is 12.4 Å². The van der Waals surface area contributed by atoms with Gasteiger partial charge in [-0.05, 0) is 44.9 Å². The summed E-state index contributed by atoms with van der Waals surface area (Å²) in [7, 11) is 0. The summed E-state index contributed by atoms with van der Waals surface area (Å²) in [5, 5.41) is 0. The van der Waals surface area contributed by atoms with E-state index in [9.17, 15) is 4.79 Å². The molecule has 1 aromatic carbocycles. The van der Waals surface area contributed by atoms with Crippen LogP contribution in [0.2, 0.25) is 0 Å². The van der Waals surface area contributed by atoms with Crippen LogP contribution in [-0.4, -0.2) is 36.5 Å². The summed E-state index contributed by atoms with van der Waals surface area (Å²) >= 11 is 0. The van der Waals surface area contributed by atoms with Gasteiger partial charge in [-0.1, -0.05) is 17.7 Å². The molecule has 4 nitrogen and oxygen atoms in total. The number of aryl methyl sites for hydroxylation is 1. The van der Waals surface area contributed by atoms with Gasteiger partial charge in [0.15, 0.2) is 6.61 Å². The fourth-order valence-electron chi connectivity index (χ4n) is 2.52. The maximum atomic E-state index is 12.1. The van der Waals surface area contributed by atoms with Gasteiger partial charge in [-0.15, -0.1) is 12.4 Å². The largest absolute Gasteiger partial charge is 0.484 e. The van der Waals surface area contributed by atoms with Crippen molar-refractivity contribution in [3.63, 3.8) is 0 Å². The Bertz CT molecular complexity index is 436. The number of carbonyl (C=O) groups excluding carboxylic acids is 1. The van der Waals surface area contributed by atoms with Crippen LogP contribution in [0.25, 0.3) is 0 Å². The van der Waals surface area contributed by atoms with E-state index in [1.54, 1.807) is 0 Å². The van der Waals surface area contributed by atoms with Gasteiger partial charge in [0.25, 0.3) is 5.91 Å². The van der Waals surface area contributed by atoms with Crippen molar-refractivity contribution in [1.82, 2.24) is 4.90 Å². The SMILES string of the molecule is Cc1ccc(OCC(=O)N2CC(CN)CC2C)cc1.Cl. The van der Waals surface area contributed by atoms with Crippen molar-refractivity contribution in [2.75, 3.05) is 19.7 Å². The third kappa shape index (κ3) is 4.12. The average molecular weight is 299 g/mol. The molecular weight excluding hydrogens is 276 g/mol. The van der Waals surface area contributed by atoms with Gasteiger partial charge in [0, 0.05) is 12.6 Å². The molecule has 2 rings (SSSR count). The molecule has 0 radical (unpaired) electrons. The van der Waals surface area contributed by atoms with Crippen LogP contribution in [0.4, 0.5) is 0 Å². The third-order valence-electron chi connectivity index (χ3n) is 3.70. The summed E-state index contributed by atoms with van der Waals surface area (Å²) in [6.45, 7) is 5.60. The molecule has 1 aromatic rings. The topological polar surface area (TPSA) is 55.6 Å². The molecule has 1 fully saturated rings. The Kier molecular flexibility index (Phi) is 6.30. The quantitative estimate of drug-likeness (QED) is 0.925. The number of hydrogen-bond donors (Lipinski definition) is 1. The number of halogens is 1. The van der Waals surface area contributed by atoms with E-state index in [0.717, 1.165) is 18.7 Å². The molecule has 0 aliphatic carbocycles. The number of amides is 1. The summed E-state index contributed by atoms with van der Waals surface area (Å²) in [5.74, 6) is 1.21. The molecule has 0 bridgehead atoms. The molecule has 0 spiro atoms. The second kappa shape index (κ2) is 7.50. The zero-order valence-corrected chi connectivity index (χ0v) is 12.9. The lowest BCUT2D eigenvalue weighted by molar-refractivity contribution is -0.134. The van der Waals surface area contributed by atoms with Gasteiger partial charge in [0.05, 0.1) is 0 Å². The van der Waals surface area contributed by atoms with Crippen molar-refractivity contribution >= 4 is 18.3 Å². The summed E-state index contributed by atoms with van der Waals surface area (Å²) in [5.41, 5.74) is 6.85. The highest BCUT2D eigenvalue weighted by Gasteiger charge is 2.31. The lowest BCUT2D eigenvalue weighted by Crippen LogP contribution is -2.37. The Labute approximate surface area is 126 Å². The zero-order chi connectivity index (χ0) is 13.8. The molecule has 2 unspecified atom stereocenters. The van der Waals surface area contributed by atoms with Crippen LogP contribution in [-0.2, 0) is 4.79 Å². The van der Waals surface area contributed by atoms with Crippen molar-refractivity contribution in [3.8, 4) is 5.75 Å².